The molecule has 198 valence electrons. The van der Waals surface area contributed by atoms with Crippen molar-refractivity contribution in [1.29, 1.82) is 0 Å². The minimum atomic E-state index is -3.94. The molecule has 0 spiro atoms. The van der Waals surface area contributed by atoms with Crippen molar-refractivity contribution in [1.82, 2.24) is 8.87 Å². The SMILES string of the molecule is CCOC(=O)Cn1c(=NC(=O)C2CCCN2S(=O)(=O)c2ccc(Cl)cc2)sc2cc(OC)c(OC)cc21. The molecule has 2 heterocycles. The Balaban J connectivity index is 1.77. The lowest BCUT2D eigenvalue weighted by atomic mass is 10.2. The normalized spacial score (nSPS) is 16.8. The molecule has 0 N–H and O–H groups in total. The number of benzene rings is 2. The highest BCUT2D eigenvalue weighted by Gasteiger charge is 2.39. The number of hydrogen-bond donors (Lipinski definition) is 0. The van der Waals surface area contributed by atoms with Crippen LogP contribution in [0.25, 0.3) is 10.2 Å². The van der Waals surface area contributed by atoms with E-state index in [4.69, 9.17) is 25.8 Å². The van der Waals surface area contributed by atoms with Crippen LogP contribution >= 0.6 is 22.9 Å². The van der Waals surface area contributed by atoms with Gasteiger partial charge in [-0.1, -0.05) is 22.9 Å². The summed E-state index contributed by atoms with van der Waals surface area (Å²) in [4.78, 5) is 30.3. The van der Waals surface area contributed by atoms with Gasteiger partial charge >= 0.3 is 5.97 Å². The van der Waals surface area contributed by atoms with Gasteiger partial charge in [0.2, 0.25) is 10.0 Å². The van der Waals surface area contributed by atoms with Crippen LogP contribution in [0.3, 0.4) is 0 Å². The number of ether oxygens (including phenoxy) is 3. The van der Waals surface area contributed by atoms with E-state index < -0.39 is 27.9 Å². The van der Waals surface area contributed by atoms with E-state index in [9.17, 15) is 18.0 Å². The van der Waals surface area contributed by atoms with E-state index in [1.807, 2.05) is 0 Å². The largest absolute Gasteiger partial charge is 0.493 e. The van der Waals surface area contributed by atoms with E-state index in [1.54, 1.807) is 23.6 Å². The van der Waals surface area contributed by atoms with Crippen molar-refractivity contribution >= 4 is 55.1 Å². The summed E-state index contributed by atoms with van der Waals surface area (Å²) in [6, 6.07) is 8.26. The summed E-state index contributed by atoms with van der Waals surface area (Å²) in [7, 11) is -0.933. The van der Waals surface area contributed by atoms with Gasteiger partial charge in [0.05, 0.1) is 35.9 Å². The molecular formula is C24H26ClN3O7S2. The minimum absolute atomic E-state index is 0.0510. The Morgan fingerprint density at radius 1 is 1.14 bits per heavy atom. The van der Waals surface area contributed by atoms with E-state index in [0.717, 1.165) is 0 Å². The van der Waals surface area contributed by atoms with Crippen molar-refractivity contribution in [3.05, 3.63) is 46.2 Å². The van der Waals surface area contributed by atoms with Crippen LogP contribution in [-0.4, -0.2) is 62.6 Å². The Hall–Kier alpha value is -2.93. The second-order valence-electron chi connectivity index (χ2n) is 8.13. The van der Waals surface area contributed by atoms with Crippen LogP contribution in [0, 0.1) is 0 Å². The van der Waals surface area contributed by atoms with E-state index in [0.29, 0.717) is 39.6 Å². The fourth-order valence-corrected chi connectivity index (χ4v) is 6.98. The monoisotopic (exact) mass is 567 g/mol. The van der Waals surface area contributed by atoms with E-state index in [1.165, 1.54) is 54.1 Å². The molecule has 3 aromatic rings. The molecular weight excluding hydrogens is 542 g/mol. The Kier molecular flexibility index (Phi) is 8.22. The lowest BCUT2D eigenvalue weighted by Crippen LogP contribution is -2.40. The van der Waals surface area contributed by atoms with Gasteiger partial charge in [-0.3, -0.25) is 9.59 Å². The van der Waals surface area contributed by atoms with Crippen LogP contribution in [0.1, 0.15) is 19.8 Å². The van der Waals surface area contributed by atoms with Gasteiger partial charge < -0.3 is 18.8 Å². The zero-order valence-corrected chi connectivity index (χ0v) is 22.9. The lowest BCUT2D eigenvalue weighted by Gasteiger charge is -2.21. The Labute approximate surface area is 223 Å². The molecule has 2 aromatic carbocycles. The average molecular weight is 568 g/mol. The zero-order valence-electron chi connectivity index (χ0n) is 20.5. The Morgan fingerprint density at radius 3 is 2.46 bits per heavy atom. The molecule has 37 heavy (non-hydrogen) atoms. The molecule has 1 atom stereocenters. The third kappa shape index (κ3) is 5.52. The molecule has 0 radical (unpaired) electrons. The summed E-state index contributed by atoms with van der Waals surface area (Å²) in [5.74, 6) is -0.190. The van der Waals surface area contributed by atoms with Crippen molar-refractivity contribution < 1.29 is 32.2 Å². The maximum absolute atomic E-state index is 13.4. The highest BCUT2D eigenvalue weighted by molar-refractivity contribution is 7.89. The van der Waals surface area contributed by atoms with Crippen molar-refractivity contribution in [3.63, 3.8) is 0 Å². The molecule has 1 saturated heterocycles. The first kappa shape index (κ1) is 27.1. The van der Waals surface area contributed by atoms with Gasteiger partial charge in [0.15, 0.2) is 16.3 Å². The van der Waals surface area contributed by atoms with E-state index in [-0.39, 0.29) is 29.4 Å². The fourth-order valence-electron chi connectivity index (χ4n) is 4.16. The predicted octanol–water partition coefficient (Wildman–Crippen LogP) is 3.22. The summed E-state index contributed by atoms with van der Waals surface area (Å²) < 4.78 is 45.9. The summed E-state index contributed by atoms with van der Waals surface area (Å²) in [6.45, 7) is 1.91. The summed E-state index contributed by atoms with van der Waals surface area (Å²) in [5, 5.41) is 0.409. The number of halogens is 1. The number of fused-ring (bicyclic) bond motifs is 1. The smallest absolute Gasteiger partial charge is 0.326 e. The number of rotatable bonds is 8. The van der Waals surface area contributed by atoms with Gasteiger partial charge in [-0.2, -0.15) is 9.30 Å². The van der Waals surface area contributed by atoms with Crippen LogP contribution in [0.5, 0.6) is 11.5 Å². The number of sulfonamides is 1. The van der Waals surface area contributed by atoms with Crippen LogP contribution in [0.2, 0.25) is 5.02 Å². The van der Waals surface area contributed by atoms with E-state index >= 15 is 0 Å². The first-order valence-electron chi connectivity index (χ1n) is 11.5. The average Bonchev–Trinajstić information content (AvgIpc) is 3.49. The third-order valence-corrected chi connectivity index (χ3v) is 9.11. The maximum atomic E-state index is 13.4. The number of aromatic nitrogens is 1. The van der Waals surface area contributed by atoms with Crippen LogP contribution in [0.4, 0.5) is 0 Å². The topological polar surface area (TPSA) is 116 Å². The number of carbonyl (C=O) groups excluding carboxylic acids is 2. The second kappa shape index (κ2) is 11.2. The standard InChI is InChI=1S/C24H26ClN3O7S2/c1-4-35-22(29)14-27-18-12-19(33-2)20(34-3)13-21(18)36-24(27)26-23(30)17-6-5-11-28(17)37(31,32)16-9-7-15(25)8-10-16/h7-10,12-13,17H,4-6,11,14H2,1-3H3. The fraction of sp³-hybridized carbons (Fsp3) is 0.375. The molecule has 1 amide bonds. The number of amides is 1. The number of esters is 1. The molecule has 0 bridgehead atoms. The van der Waals surface area contributed by atoms with Gasteiger partial charge in [-0.05, 0) is 44.0 Å². The van der Waals surface area contributed by atoms with Crippen molar-refractivity contribution in [2.75, 3.05) is 27.4 Å². The first-order valence-corrected chi connectivity index (χ1v) is 14.1. The minimum Gasteiger partial charge on any atom is -0.493 e. The van der Waals surface area contributed by atoms with Gasteiger partial charge in [-0.15, -0.1) is 0 Å². The van der Waals surface area contributed by atoms with Crippen LogP contribution in [-0.2, 0) is 30.9 Å². The van der Waals surface area contributed by atoms with E-state index in [2.05, 4.69) is 4.99 Å². The number of nitrogens with zero attached hydrogens (tertiary/aromatic N) is 3. The summed E-state index contributed by atoms with van der Waals surface area (Å²) in [5.41, 5.74) is 0.597. The number of thiazole rings is 1. The molecule has 0 saturated carbocycles. The van der Waals surface area contributed by atoms with Gasteiger partial charge in [-0.25, -0.2) is 8.42 Å². The van der Waals surface area contributed by atoms with Crippen molar-refractivity contribution in [2.45, 2.75) is 37.2 Å². The van der Waals surface area contributed by atoms with Gasteiger partial charge in [0.25, 0.3) is 5.91 Å². The molecule has 13 heteroatoms. The van der Waals surface area contributed by atoms with Crippen LogP contribution in [0.15, 0.2) is 46.3 Å². The van der Waals surface area contributed by atoms with Gasteiger partial charge in [0, 0.05) is 23.7 Å². The Bertz CT molecular complexity index is 1500. The first-order chi connectivity index (χ1) is 17.7. The molecule has 1 unspecified atom stereocenters. The maximum Gasteiger partial charge on any atom is 0.326 e. The zero-order chi connectivity index (χ0) is 26.7. The molecule has 1 aliphatic rings. The molecule has 4 rings (SSSR count). The number of hydrogen-bond acceptors (Lipinski definition) is 8. The third-order valence-electron chi connectivity index (χ3n) is 5.90. The molecule has 10 nitrogen and oxygen atoms in total. The molecule has 1 aromatic heterocycles. The number of methoxy groups -OCH3 is 2. The molecule has 1 fully saturated rings. The van der Waals surface area contributed by atoms with Gasteiger partial charge in [0.1, 0.15) is 12.6 Å². The number of carbonyl (C=O) groups is 2. The van der Waals surface area contributed by atoms with Crippen LogP contribution < -0.4 is 14.3 Å². The van der Waals surface area contributed by atoms with Crippen molar-refractivity contribution in [3.8, 4) is 11.5 Å². The summed E-state index contributed by atoms with van der Waals surface area (Å²) >= 11 is 7.08. The highest BCUT2D eigenvalue weighted by Crippen LogP contribution is 2.33. The molecule has 1 aliphatic heterocycles. The quantitative estimate of drug-likeness (QED) is 0.384. The Morgan fingerprint density at radius 2 is 1.81 bits per heavy atom. The highest BCUT2D eigenvalue weighted by atomic mass is 35.5. The second-order valence-corrected chi connectivity index (χ2v) is 11.5. The molecule has 0 aliphatic carbocycles. The lowest BCUT2D eigenvalue weighted by molar-refractivity contribution is -0.143. The van der Waals surface area contributed by atoms with Crippen molar-refractivity contribution in [2.24, 2.45) is 4.99 Å². The predicted molar refractivity (Wildman–Crippen MR) is 138 cm³/mol. The summed E-state index contributed by atoms with van der Waals surface area (Å²) in [6.07, 6.45) is 0.849.